The topological polar surface area (TPSA) is 92.7 Å². The Hall–Kier alpha value is -2.51. The Morgan fingerprint density at radius 1 is 1.15 bits per heavy atom. The van der Waals surface area contributed by atoms with Crippen molar-refractivity contribution in [2.24, 2.45) is 5.92 Å². The SMILES string of the molecule is O=C(OCC(=O)N1CCCC1=O)[C@@H]1C[C@@H]2CCCC[C@@H]2N1c1ncccn1. The average molecular weight is 372 g/mol. The molecular weight excluding hydrogens is 348 g/mol. The highest BCUT2D eigenvalue weighted by Gasteiger charge is 2.47. The van der Waals surface area contributed by atoms with Gasteiger partial charge >= 0.3 is 5.97 Å². The van der Waals surface area contributed by atoms with Gasteiger partial charge in [-0.2, -0.15) is 0 Å². The van der Waals surface area contributed by atoms with E-state index in [1.54, 1.807) is 18.5 Å². The molecule has 1 aromatic rings. The van der Waals surface area contributed by atoms with Crippen LogP contribution < -0.4 is 4.90 Å². The first-order valence-corrected chi connectivity index (χ1v) is 9.70. The number of rotatable bonds is 4. The maximum absolute atomic E-state index is 12.8. The molecule has 2 saturated heterocycles. The summed E-state index contributed by atoms with van der Waals surface area (Å²) in [5, 5.41) is 0. The summed E-state index contributed by atoms with van der Waals surface area (Å²) in [6.07, 6.45) is 9.47. The number of imide groups is 1. The van der Waals surface area contributed by atoms with Gasteiger partial charge < -0.3 is 9.64 Å². The number of hydrogen-bond acceptors (Lipinski definition) is 7. The zero-order valence-corrected chi connectivity index (χ0v) is 15.2. The van der Waals surface area contributed by atoms with Crippen LogP contribution in [0.3, 0.4) is 0 Å². The van der Waals surface area contributed by atoms with E-state index in [4.69, 9.17) is 4.74 Å². The number of carbonyl (C=O) groups excluding carboxylic acids is 3. The van der Waals surface area contributed by atoms with Crippen LogP contribution >= 0.6 is 0 Å². The molecule has 2 amide bonds. The number of hydrogen-bond donors (Lipinski definition) is 0. The van der Waals surface area contributed by atoms with Gasteiger partial charge in [0.25, 0.3) is 5.91 Å². The first kappa shape index (κ1) is 17.9. The Morgan fingerprint density at radius 3 is 2.67 bits per heavy atom. The van der Waals surface area contributed by atoms with E-state index in [0.717, 1.165) is 19.3 Å². The fourth-order valence-electron chi connectivity index (χ4n) is 4.60. The summed E-state index contributed by atoms with van der Waals surface area (Å²) in [6.45, 7) is 0.0205. The molecule has 0 spiro atoms. The minimum Gasteiger partial charge on any atom is -0.454 e. The third kappa shape index (κ3) is 3.52. The van der Waals surface area contributed by atoms with Crippen molar-refractivity contribution >= 4 is 23.7 Å². The molecule has 3 fully saturated rings. The summed E-state index contributed by atoms with van der Waals surface area (Å²) in [5.74, 6) is -0.117. The van der Waals surface area contributed by atoms with Crippen molar-refractivity contribution in [3.8, 4) is 0 Å². The van der Waals surface area contributed by atoms with Crippen LogP contribution in [-0.4, -0.2) is 57.9 Å². The molecule has 4 rings (SSSR count). The summed E-state index contributed by atoms with van der Waals surface area (Å²) in [6, 6.07) is 1.49. The predicted octanol–water partition coefficient (Wildman–Crippen LogP) is 1.31. The highest BCUT2D eigenvalue weighted by atomic mass is 16.5. The first-order valence-electron chi connectivity index (χ1n) is 9.70. The fourth-order valence-corrected chi connectivity index (χ4v) is 4.60. The van der Waals surface area contributed by atoms with Crippen LogP contribution in [0.4, 0.5) is 5.95 Å². The van der Waals surface area contributed by atoms with Gasteiger partial charge in [0.1, 0.15) is 6.04 Å². The third-order valence-corrected chi connectivity index (χ3v) is 5.86. The number of carbonyl (C=O) groups is 3. The van der Waals surface area contributed by atoms with Crippen LogP contribution in [0, 0.1) is 5.92 Å². The van der Waals surface area contributed by atoms with Gasteiger partial charge in [-0.25, -0.2) is 14.8 Å². The Kier molecular flexibility index (Phi) is 5.05. The second kappa shape index (κ2) is 7.62. The highest BCUT2D eigenvalue weighted by molar-refractivity contribution is 5.98. The number of anilines is 1. The van der Waals surface area contributed by atoms with Crippen molar-refractivity contribution < 1.29 is 19.1 Å². The van der Waals surface area contributed by atoms with E-state index in [9.17, 15) is 14.4 Å². The molecule has 1 aromatic heterocycles. The van der Waals surface area contributed by atoms with E-state index in [1.807, 2.05) is 4.90 Å². The monoisotopic (exact) mass is 372 g/mol. The number of esters is 1. The second-order valence-electron chi connectivity index (χ2n) is 7.47. The molecule has 3 heterocycles. The van der Waals surface area contributed by atoms with Crippen molar-refractivity contribution in [3.63, 3.8) is 0 Å². The molecule has 1 aliphatic carbocycles. The van der Waals surface area contributed by atoms with Gasteiger partial charge in [0.15, 0.2) is 6.61 Å². The van der Waals surface area contributed by atoms with E-state index in [0.29, 0.717) is 37.7 Å². The number of amides is 2. The molecule has 2 aliphatic heterocycles. The summed E-state index contributed by atoms with van der Waals surface area (Å²) < 4.78 is 5.33. The van der Waals surface area contributed by atoms with Crippen molar-refractivity contribution in [1.82, 2.24) is 14.9 Å². The standard InChI is InChI=1S/C19H24N4O4/c24-16-7-3-10-22(16)17(25)12-27-18(26)15-11-13-5-1-2-6-14(13)23(15)19-20-8-4-9-21-19/h4,8-9,13-15H,1-3,5-7,10-12H2/t13-,14-,15-/m0/s1. The summed E-state index contributed by atoms with van der Waals surface area (Å²) in [4.78, 5) is 48.5. The van der Waals surface area contributed by atoms with E-state index in [1.165, 1.54) is 11.3 Å². The third-order valence-electron chi connectivity index (χ3n) is 5.86. The zero-order chi connectivity index (χ0) is 18.8. The largest absolute Gasteiger partial charge is 0.454 e. The lowest BCUT2D eigenvalue weighted by atomic mass is 9.85. The Labute approximate surface area is 157 Å². The van der Waals surface area contributed by atoms with E-state index in [2.05, 4.69) is 9.97 Å². The normalized spacial score (nSPS) is 27.6. The van der Waals surface area contributed by atoms with Gasteiger partial charge in [-0.05, 0) is 37.7 Å². The molecule has 144 valence electrons. The molecule has 3 atom stereocenters. The quantitative estimate of drug-likeness (QED) is 0.736. The molecule has 8 heteroatoms. The maximum Gasteiger partial charge on any atom is 0.329 e. The van der Waals surface area contributed by atoms with Gasteiger partial charge in [-0.3, -0.25) is 14.5 Å². The first-order chi connectivity index (χ1) is 13.1. The summed E-state index contributed by atoms with van der Waals surface area (Å²) in [7, 11) is 0. The molecule has 3 aliphatic rings. The molecule has 0 radical (unpaired) electrons. The second-order valence-corrected chi connectivity index (χ2v) is 7.47. The lowest BCUT2D eigenvalue weighted by molar-refractivity contribution is -0.155. The van der Waals surface area contributed by atoms with E-state index in [-0.39, 0.29) is 18.6 Å². The van der Waals surface area contributed by atoms with Gasteiger partial charge in [0.05, 0.1) is 0 Å². The molecular formula is C19H24N4O4. The molecule has 0 unspecified atom stereocenters. The van der Waals surface area contributed by atoms with Crippen LogP contribution in [0.25, 0.3) is 0 Å². The number of aromatic nitrogens is 2. The smallest absolute Gasteiger partial charge is 0.329 e. The molecule has 0 bridgehead atoms. The predicted molar refractivity (Wildman–Crippen MR) is 95.6 cm³/mol. The van der Waals surface area contributed by atoms with Crippen molar-refractivity contribution in [1.29, 1.82) is 0 Å². The van der Waals surface area contributed by atoms with Crippen LogP contribution in [0.5, 0.6) is 0 Å². The Balaban J connectivity index is 1.46. The van der Waals surface area contributed by atoms with Crippen molar-refractivity contribution in [2.75, 3.05) is 18.1 Å². The van der Waals surface area contributed by atoms with Crippen molar-refractivity contribution in [2.45, 2.75) is 57.0 Å². The number of fused-ring (bicyclic) bond motifs is 1. The summed E-state index contributed by atoms with van der Waals surface area (Å²) in [5.41, 5.74) is 0. The minimum absolute atomic E-state index is 0.192. The van der Waals surface area contributed by atoms with Crippen LogP contribution in [-0.2, 0) is 19.1 Å². The minimum atomic E-state index is -0.484. The number of ether oxygens (including phenoxy) is 1. The van der Waals surface area contributed by atoms with Gasteiger partial charge in [0, 0.05) is 31.4 Å². The Morgan fingerprint density at radius 2 is 1.93 bits per heavy atom. The van der Waals surface area contributed by atoms with Crippen molar-refractivity contribution in [3.05, 3.63) is 18.5 Å². The van der Waals surface area contributed by atoms with Crippen LogP contribution in [0.1, 0.15) is 44.9 Å². The Bertz CT molecular complexity index is 726. The highest BCUT2D eigenvalue weighted by Crippen LogP contribution is 2.41. The van der Waals surface area contributed by atoms with E-state index < -0.39 is 17.9 Å². The van der Waals surface area contributed by atoms with Gasteiger partial charge in [-0.15, -0.1) is 0 Å². The lowest BCUT2D eigenvalue weighted by Crippen LogP contribution is -2.45. The molecule has 1 saturated carbocycles. The molecule has 27 heavy (non-hydrogen) atoms. The fraction of sp³-hybridized carbons (Fsp3) is 0.632. The lowest BCUT2D eigenvalue weighted by Gasteiger charge is -2.33. The van der Waals surface area contributed by atoms with Crippen LogP contribution in [0.15, 0.2) is 18.5 Å². The molecule has 0 N–H and O–H groups in total. The molecule has 0 aromatic carbocycles. The number of likely N-dealkylation sites (tertiary alicyclic amines) is 1. The summed E-state index contributed by atoms with van der Waals surface area (Å²) >= 11 is 0. The van der Waals surface area contributed by atoms with Gasteiger partial charge in [0.2, 0.25) is 11.9 Å². The molecule has 8 nitrogen and oxygen atoms in total. The zero-order valence-electron chi connectivity index (χ0n) is 15.2. The van der Waals surface area contributed by atoms with Gasteiger partial charge in [-0.1, -0.05) is 12.8 Å². The number of nitrogens with zero attached hydrogens (tertiary/aromatic N) is 4. The van der Waals surface area contributed by atoms with Crippen LogP contribution in [0.2, 0.25) is 0 Å². The van der Waals surface area contributed by atoms with E-state index >= 15 is 0 Å². The average Bonchev–Trinajstić information content (AvgIpc) is 3.30. The maximum atomic E-state index is 12.8.